The van der Waals surface area contributed by atoms with Crippen molar-refractivity contribution in [3.8, 4) is 0 Å². The van der Waals surface area contributed by atoms with Crippen molar-refractivity contribution < 1.29 is 4.79 Å². The van der Waals surface area contributed by atoms with Crippen LogP contribution in [0.25, 0.3) is 0 Å². The number of likely N-dealkylation sites (N-methyl/N-ethyl adjacent to an activating group) is 1. The van der Waals surface area contributed by atoms with Gasteiger partial charge >= 0.3 is 0 Å². The molecule has 0 saturated carbocycles. The van der Waals surface area contributed by atoms with Crippen molar-refractivity contribution in [2.45, 2.75) is 33.7 Å². The molecule has 20 heavy (non-hydrogen) atoms. The number of hydrogen-bond acceptors (Lipinski definition) is 3. The number of benzene rings is 1. The summed E-state index contributed by atoms with van der Waals surface area (Å²) in [5.74, 6) is 0.665. The van der Waals surface area contributed by atoms with E-state index in [2.05, 4.69) is 54.5 Å². The van der Waals surface area contributed by atoms with Gasteiger partial charge in [0.1, 0.15) is 6.04 Å². The van der Waals surface area contributed by atoms with Crippen LogP contribution in [0.15, 0.2) is 18.2 Å². The quantitative estimate of drug-likeness (QED) is 0.839. The summed E-state index contributed by atoms with van der Waals surface area (Å²) in [5.41, 5.74) is 3.18. The molecule has 1 aromatic carbocycles. The highest BCUT2D eigenvalue weighted by molar-refractivity contribution is 6.03. The zero-order valence-electron chi connectivity index (χ0n) is 12.9. The van der Waals surface area contributed by atoms with Crippen LogP contribution in [-0.4, -0.2) is 25.5 Å². The van der Waals surface area contributed by atoms with Crippen LogP contribution in [0.1, 0.15) is 39.3 Å². The van der Waals surface area contributed by atoms with E-state index in [0.29, 0.717) is 5.92 Å². The van der Waals surface area contributed by atoms with Gasteiger partial charge in [-0.05, 0) is 31.5 Å². The molecule has 1 aromatic rings. The molecular weight excluding hydrogens is 250 g/mol. The largest absolute Gasteiger partial charge is 0.371 e. The minimum absolute atomic E-state index is 0.0471. The molecule has 0 fully saturated rings. The lowest BCUT2D eigenvalue weighted by molar-refractivity contribution is -0.117. The molecule has 1 aliphatic rings. The molecule has 1 atom stereocenters. The molecule has 0 saturated heterocycles. The van der Waals surface area contributed by atoms with Gasteiger partial charge in [0.25, 0.3) is 0 Å². The molecule has 0 aliphatic carbocycles. The maximum Gasteiger partial charge on any atom is 0.246 e. The molecule has 1 unspecified atom stereocenters. The zero-order chi connectivity index (χ0) is 14.7. The smallest absolute Gasteiger partial charge is 0.246 e. The van der Waals surface area contributed by atoms with Crippen LogP contribution in [-0.2, 0) is 4.79 Å². The molecule has 1 heterocycles. The van der Waals surface area contributed by atoms with Crippen LogP contribution in [0.5, 0.6) is 0 Å². The van der Waals surface area contributed by atoms with Crippen LogP contribution in [0, 0.1) is 5.92 Å². The van der Waals surface area contributed by atoms with E-state index in [1.807, 2.05) is 6.92 Å². The first-order valence-corrected chi connectivity index (χ1v) is 7.49. The van der Waals surface area contributed by atoms with Crippen molar-refractivity contribution in [2.24, 2.45) is 5.92 Å². The Kier molecular flexibility index (Phi) is 4.65. The Morgan fingerprint density at radius 1 is 1.35 bits per heavy atom. The lowest BCUT2D eigenvalue weighted by Crippen LogP contribution is -2.27. The predicted octanol–water partition coefficient (Wildman–Crippen LogP) is 2.77. The zero-order valence-corrected chi connectivity index (χ0v) is 12.9. The van der Waals surface area contributed by atoms with Crippen molar-refractivity contribution in [2.75, 3.05) is 29.9 Å². The van der Waals surface area contributed by atoms with Gasteiger partial charge in [0.2, 0.25) is 5.91 Å². The fourth-order valence-corrected chi connectivity index (χ4v) is 2.71. The Labute approximate surface area is 121 Å². The lowest BCUT2D eigenvalue weighted by Gasteiger charge is -2.25. The normalized spacial score (nSPS) is 17.2. The first kappa shape index (κ1) is 14.9. The van der Waals surface area contributed by atoms with Gasteiger partial charge in [0, 0.05) is 30.0 Å². The third-order valence-electron chi connectivity index (χ3n) is 3.61. The Balaban J connectivity index is 2.25. The maximum absolute atomic E-state index is 12.0. The van der Waals surface area contributed by atoms with Crippen molar-refractivity contribution in [3.05, 3.63) is 23.8 Å². The van der Waals surface area contributed by atoms with E-state index in [0.717, 1.165) is 30.9 Å². The van der Waals surface area contributed by atoms with Crippen LogP contribution in [0.3, 0.4) is 0 Å². The average molecular weight is 275 g/mol. The number of nitrogens with one attached hydrogen (secondary N) is 2. The van der Waals surface area contributed by atoms with Gasteiger partial charge in [0.15, 0.2) is 0 Å². The highest BCUT2D eigenvalue weighted by Gasteiger charge is 2.30. The van der Waals surface area contributed by atoms with Crippen LogP contribution < -0.4 is 15.5 Å². The fourth-order valence-electron chi connectivity index (χ4n) is 2.71. The number of amides is 1. The molecule has 4 heteroatoms. The molecule has 1 aliphatic heterocycles. The first-order chi connectivity index (χ1) is 9.56. The van der Waals surface area contributed by atoms with Crippen LogP contribution in [0.4, 0.5) is 11.4 Å². The van der Waals surface area contributed by atoms with Gasteiger partial charge in [-0.2, -0.15) is 0 Å². The Bertz CT molecular complexity index is 485. The van der Waals surface area contributed by atoms with Crippen LogP contribution >= 0.6 is 0 Å². The minimum atomic E-state index is -0.204. The number of carbonyl (C=O) groups is 1. The minimum Gasteiger partial charge on any atom is -0.371 e. The van der Waals surface area contributed by atoms with E-state index in [1.165, 1.54) is 5.69 Å². The third kappa shape index (κ3) is 2.96. The average Bonchev–Trinajstić information content (AvgIpc) is 2.72. The lowest BCUT2D eigenvalue weighted by atomic mass is 10.1. The summed E-state index contributed by atoms with van der Waals surface area (Å²) in [5, 5.41) is 6.20. The van der Waals surface area contributed by atoms with Gasteiger partial charge in [0.05, 0.1) is 0 Å². The van der Waals surface area contributed by atoms with Gasteiger partial charge < -0.3 is 15.5 Å². The summed E-state index contributed by atoms with van der Waals surface area (Å²) >= 11 is 0. The predicted molar refractivity (Wildman–Crippen MR) is 84.2 cm³/mol. The number of carbonyl (C=O) groups excluding carboxylic acids is 1. The highest BCUT2D eigenvalue weighted by Crippen LogP contribution is 2.34. The second-order valence-electron chi connectivity index (χ2n) is 5.68. The summed E-state index contributed by atoms with van der Waals surface area (Å²) in [6, 6.07) is 6.08. The summed E-state index contributed by atoms with van der Waals surface area (Å²) in [4.78, 5) is 14.3. The van der Waals surface area contributed by atoms with Gasteiger partial charge in [-0.25, -0.2) is 0 Å². The second-order valence-corrected chi connectivity index (χ2v) is 5.68. The van der Waals surface area contributed by atoms with Gasteiger partial charge in [-0.1, -0.05) is 26.8 Å². The topological polar surface area (TPSA) is 44.4 Å². The summed E-state index contributed by atoms with van der Waals surface area (Å²) in [6.45, 7) is 11.4. The van der Waals surface area contributed by atoms with Gasteiger partial charge in [-0.3, -0.25) is 4.79 Å². The second kappa shape index (κ2) is 6.27. The number of hydrogen-bond donors (Lipinski definition) is 2. The number of rotatable bonds is 6. The summed E-state index contributed by atoms with van der Waals surface area (Å²) in [7, 11) is 0. The molecule has 2 rings (SSSR count). The molecular formula is C16H25N3O. The standard InChI is InChI=1S/C16H25N3O/c1-5-17-15-13-8-7-12(9-14(13)18-16(15)20)19(6-2)10-11(3)4/h7-9,11,15,17H,5-6,10H2,1-4H3,(H,18,20). The number of nitrogens with zero attached hydrogens (tertiary/aromatic N) is 1. The van der Waals surface area contributed by atoms with Crippen molar-refractivity contribution in [1.29, 1.82) is 0 Å². The molecule has 4 nitrogen and oxygen atoms in total. The van der Waals surface area contributed by atoms with E-state index < -0.39 is 0 Å². The monoisotopic (exact) mass is 275 g/mol. The van der Waals surface area contributed by atoms with E-state index >= 15 is 0 Å². The van der Waals surface area contributed by atoms with Crippen molar-refractivity contribution in [1.82, 2.24) is 5.32 Å². The Morgan fingerprint density at radius 2 is 2.10 bits per heavy atom. The number of anilines is 2. The fraction of sp³-hybridized carbons (Fsp3) is 0.562. The Hall–Kier alpha value is -1.55. The SMILES string of the molecule is CCNC1C(=O)Nc2cc(N(CC)CC(C)C)ccc21. The van der Waals surface area contributed by atoms with Gasteiger partial charge in [-0.15, -0.1) is 0 Å². The number of fused-ring (bicyclic) bond motifs is 1. The van der Waals surface area contributed by atoms with E-state index in [9.17, 15) is 4.79 Å². The van der Waals surface area contributed by atoms with Crippen molar-refractivity contribution >= 4 is 17.3 Å². The third-order valence-corrected chi connectivity index (χ3v) is 3.61. The summed E-state index contributed by atoms with van der Waals surface area (Å²) < 4.78 is 0. The molecule has 1 amide bonds. The van der Waals surface area contributed by atoms with E-state index in [1.54, 1.807) is 0 Å². The summed E-state index contributed by atoms with van der Waals surface area (Å²) in [6.07, 6.45) is 0. The molecule has 110 valence electrons. The van der Waals surface area contributed by atoms with Crippen LogP contribution in [0.2, 0.25) is 0 Å². The first-order valence-electron chi connectivity index (χ1n) is 7.49. The van der Waals surface area contributed by atoms with E-state index in [-0.39, 0.29) is 11.9 Å². The molecule has 2 N–H and O–H groups in total. The molecule has 0 aromatic heterocycles. The maximum atomic E-state index is 12.0. The van der Waals surface area contributed by atoms with Crippen molar-refractivity contribution in [3.63, 3.8) is 0 Å². The molecule has 0 radical (unpaired) electrons. The molecule has 0 bridgehead atoms. The molecule has 0 spiro atoms. The highest BCUT2D eigenvalue weighted by atomic mass is 16.2. The van der Waals surface area contributed by atoms with E-state index in [4.69, 9.17) is 0 Å². The Morgan fingerprint density at radius 3 is 2.70 bits per heavy atom.